The summed E-state index contributed by atoms with van der Waals surface area (Å²) in [5.41, 5.74) is 0.517. The highest BCUT2D eigenvalue weighted by Crippen LogP contribution is 2.43. The van der Waals surface area contributed by atoms with Gasteiger partial charge in [-0.1, -0.05) is 48.0 Å². The molecule has 1 aliphatic rings. The second kappa shape index (κ2) is 4.89. The molecule has 0 nitrogen and oxygen atoms in total. The number of hydrogen-bond acceptors (Lipinski definition) is 0. The summed E-state index contributed by atoms with van der Waals surface area (Å²) >= 11 is 0. The third-order valence-corrected chi connectivity index (χ3v) is 4.41. The molecule has 0 heteroatoms. The fraction of sp³-hybridized carbons (Fsp3) is 1.00. The molecule has 0 N–H and O–H groups in total. The molecule has 1 saturated carbocycles. The second-order valence-corrected chi connectivity index (χ2v) is 7.11. The van der Waals surface area contributed by atoms with E-state index in [2.05, 4.69) is 41.5 Å². The molecule has 1 rings (SSSR count). The van der Waals surface area contributed by atoms with Crippen LogP contribution in [0.15, 0.2) is 0 Å². The minimum absolute atomic E-state index is 0.517. The minimum atomic E-state index is 0.517. The quantitative estimate of drug-likeness (QED) is 0.592. The summed E-state index contributed by atoms with van der Waals surface area (Å²) in [5, 5.41) is 0. The minimum Gasteiger partial charge on any atom is -0.0651 e. The third kappa shape index (κ3) is 3.81. The van der Waals surface area contributed by atoms with Gasteiger partial charge in [-0.3, -0.25) is 0 Å². The smallest absolute Gasteiger partial charge is 0.0380 e. The van der Waals surface area contributed by atoms with E-state index in [4.69, 9.17) is 0 Å². The first-order chi connectivity index (χ1) is 6.83. The van der Waals surface area contributed by atoms with Gasteiger partial charge in [0.25, 0.3) is 0 Å². The Bertz CT molecular complexity index is 187. The standard InChI is InChI=1S/C15H30/c1-7-14-9-13(10-15(4,5)6)8-11(2)12(14)3/h11-14H,7-10H2,1-6H3. The van der Waals surface area contributed by atoms with Gasteiger partial charge in [0.15, 0.2) is 0 Å². The van der Waals surface area contributed by atoms with Gasteiger partial charge in [0.1, 0.15) is 0 Å². The van der Waals surface area contributed by atoms with E-state index in [1.165, 1.54) is 25.7 Å². The molecule has 1 aliphatic carbocycles. The topological polar surface area (TPSA) is 0 Å². The van der Waals surface area contributed by atoms with Crippen molar-refractivity contribution in [3.8, 4) is 0 Å². The molecule has 4 unspecified atom stereocenters. The normalized spacial score (nSPS) is 38.0. The molecule has 0 radical (unpaired) electrons. The van der Waals surface area contributed by atoms with Gasteiger partial charge in [-0.2, -0.15) is 0 Å². The lowest BCUT2D eigenvalue weighted by Gasteiger charge is -2.40. The SMILES string of the molecule is CCC1CC(CC(C)(C)C)CC(C)C1C. The van der Waals surface area contributed by atoms with E-state index in [9.17, 15) is 0 Å². The molecular formula is C15H30. The average Bonchev–Trinajstić information content (AvgIpc) is 2.08. The summed E-state index contributed by atoms with van der Waals surface area (Å²) in [6, 6.07) is 0. The molecule has 0 heterocycles. The van der Waals surface area contributed by atoms with Crippen LogP contribution in [0.1, 0.15) is 67.2 Å². The summed E-state index contributed by atoms with van der Waals surface area (Å²) < 4.78 is 0. The van der Waals surface area contributed by atoms with Gasteiger partial charge in [-0.15, -0.1) is 0 Å². The lowest BCUT2D eigenvalue weighted by atomic mass is 9.65. The Balaban J connectivity index is 2.55. The monoisotopic (exact) mass is 210 g/mol. The first-order valence-electron chi connectivity index (χ1n) is 6.83. The molecule has 15 heavy (non-hydrogen) atoms. The van der Waals surface area contributed by atoms with E-state index in [1.54, 1.807) is 0 Å². The predicted octanol–water partition coefficient (Wildman–Crippen LogP) is 5.13. The zero-order chi connectivity index (χ0) is 11.6. The highest BCUT2D eigenvalue weighted by molar-refractivity contribution is 4.83. The highest BCUT2D eigenvalue weighted by atomic mass is 14.4. The van der Waals surface area contributed by atoms with Crippen LogP contribution in [0, 0.1) is 29.1 Å². The molecule has 0 saturated heterocycles. The van der Waals surface area contributed by atoms with Gasteiger partial charge in [0, 0.05) is 0 Å². The van der Waals surface area contributed by atoms with Gasteiger partial charge < -0.3 is 0 Å². The molecule has 0 bridgehead atoms. The van der Waals surface area contributed by atoms with Crippen LogP contribution < -0.4 is 0 Å². The van der Waals surface area contributed by atoms with Crippen LogP contribution in [-0.2, 0) is 0 Å². The average molecular weight is 210 g/mol. The van der Waals surface area contributed by atoms with Gasteiger partial charge in [0.2, 0.25) is 0 Å². The molecule has 90 valence electrons. The molecule has 4 atom stereocenters. The summed E-state index contributed by atoms with van der Waals surface area (Å²) in [6.07, 6.45) is 5.75. The van der Waals surface area contributed by atoms with Crippen molar-refractivity contribution in [1.82, 2.24) is 0 Å². The van der Waals surface area contributed by atoms with Crippen molar-refractivity contribution in [2.24, 2.45) is 29.1 Å². The maximum Gasteiger partial charge on any atom is -0.0380 e. The van der Waals surface area contributed by atoms with Gasteiger partial charge in [-0.05, 0) is 48.3 Å². The van der Waals surface area contributed by atoms with Crippen molar-refractivity contribution in [1.29, 1.82) is 0 Å². The fourth-order valence-electron chi connectivity index (χ4n) is 3.52. The highest BCUT2D eigenvalue weighted by Gasteiger charge is 2.33. The van der Waals surface area contributed by atoms with Crippen molar-refractivity contribution < 1.29 is 0 Å². The molecule has 0 spiro atoms. The van der Waals surface area contributed by atoms with E-state index < -0.39 is 0 Å². The Morgan fingerprint density at radius 1 is 1.07 bits per heavy atom. The van der Waals surface area contributed by atoms with E-state index >= 15 is 0 Å². The van der Waals surface area contributed by atoms with Crippen molar-refractivity contribution in [3.63, 3.8) is 0 Å². The van der Waals surface area contributed by atoms with Crippen molar-refractivity contribution in [2.45, 2.75) is 67.2 Å². The van der Waals surface area contributed by atoms with Crippen molar-refractivity contribution in [3.05, 3.63) is 0 Å². The largest absolute Gasteiger partial charge is 0.0651 e. The molecule has 0 aromatic carbocycles. The molecule has 0 aromatic heterocycles. The van der Waals surface area contributed by atoms with Crippen LogP contribution in [0.3, 0.4) is 0 Å². The predicted molar refractivity (Wildman–Crippen MR) is 68.9 cm³/mol. The Kier molecular flexibility index (Phi) is 4.26. The molecule has 1 fully saturated rings. The summed E-state index contributed by atoms with van der Waals surface area (Å²) in [4.78, 5) is 0. The van der Waals surface area contributed by atoms with Crippen LogP contribution in [0.4, 0.5) is 0 Å². The van der Waals surface area contributed by atoms with Crippen LogP contribution in [0.2, 0.25) is 0 Å². The second-order valence-electron chi connectivity index (χ2n) is 7.11. The van der Waals surface area contributed by atoms with Gasteiger partial charge in [-0.25, -0.2) is 0 Å². The van der Waals surface area contributed by atoms with Crippen LogP contribution in [-0.4, -0.2) is 0 Å². The maximum atomic E-state index is 2.46. The zero-order valence-electron chi connectivity index (χ0n) is 11.6. The lowest BCUT2D eigenvalue weighted by Crippen LogP contribution is -2.31. The Morgan fingerprint density at radius 2 is 1.67 bits per heavy atom. The van der Waals surface area contributed by atoms with Gasteiger partial charge >= 0.3 is 0 Å². The Labute approximate surface area is 96.8 Å². The fourth-order valence-corrected chi connectivity index (χ4v) is 3.52. The van der Waals surface area contributed by atoms with Gasteiger partial charge in [0.05, 0.1) is 0 Å². The Morgan fingerprint density at radius 3 is 2.13 bits per heavy atom. The summed E-state index contributed by atoms with van der Waals surface area (Å²) in [5.74, 6) is 3.87. The summed E-state index contributed by atoms with van der Waals surface area (Å²) in [7, 11) is 0. The van der Waals surface area contributed by atoms with E-state index in [0.717, 1.165) is 23.7 Å². The Hall–Kier alpha value is 0. The van der Waals surface area contributed by atoms with Crippen molar-refractivity contribution >= 4 is 0 Å². The first kappa shape index (κ1) is 13.1. The van der Waals surface area contributed by atoms with Crippen LogP contribution >= 0.6 is 0 Å². The van der Waals surface area contributed by atoms with E-state index in [1.807, 2.05) is 0 Å². The first-order valence-corrected chi connectivity index (χ1v) is 6.83. The third-order valence-electron chi connectivity index (χ3n) is 4.41. The molecule has 0 amide bonds. The lowest BCUT2D eigenvalue weighted by molar-refractivity contribution is 0.0995. The van der Waals surface area contributed by atoms with E-state index in [0.29, 0.717) is 5.41 Å². The molecule has 0 aliphatic heterocycles. The van der Waals surface area contributed by atoms with Crippen LogP contribution in [0.25, 0.3) is 0 Å². The molecular weight excluding hydrogens is 180 g/mol. The van der Waals surface area contributed by atoms with Crippen LogP contribution in [0.5, 0.6) is 0 Å². The zero-order valence-corrected chi connectivity index (χ0v) is 11.6. The summed E-state index contributed by atoms with van der Waals surface area (Å²) in [6.45, 7) is 14.5. The number of hydrogen-bond donors (Lipinski definition) is 0. The maximum absolute atomic E-state index is 2.46. The molecule has 0 aromatic rings. The van der Waals surface area contributed by atoms with Crippen molar-refractivity contribution in [2.75, 3.05) is 0 Å². The van der Waals surface area contributed by atoms with E-state index in [-0.39, 0.29) is 0 Å². The number of rotatable bonds is 2.